The first kappa shape index (κ1) is 17.7. The number of amides is 2. The van der Waals surface area contributed by atoms with Crippen LogP contribution in [-0.2, 0) is 4.79 Å². The van der Waals surface area contributed by atoms with Gasteiger partial charge in [0.1, 0.15) is 6.04 Å². The van der Waals surface area contributed by atoms with Crippen molar-refractivity contribution in [1.82, 2.24) is 14.7 Å². The van der Waals surface area contributed by atoms with Crippen molar-refractivity contribution in [3.8, 4) is 0 Å². The molecule has 1 heterocycles. The van der Waals surface area contributed by atoms with Crippen LogP contribution in [0.3, 0.4) is 0 Å². The van der Waals surface area contributed by atoms with Crippen LogP contribution in [-0.4, -0.2) is 89.3 Å². The second-order valence-electron chi connectivity index (χ2n) is 6.32. The van der Waals surface area contributed by atoms with E-state index in [0.717, 1.165) is 0 Å². The molecule has 0 bridgehead atoms. The molecule has 1 rings (SSSR count). The van der Waals surface area contributed by atoms with Gasteiger partial charge in [-0.3, -0.25) is 0 Å². The molecule has 0 unspecified atom stereocenters. The van der Waals surface area contributed by atoms with Crippen molar-refractivity contribution in [1.29, 1.82) is 0 Å². The number of hydrogen-bond donors (Lipinski definition) is 2. The van der Waals surface area contributed by atoms with E-state index < -0.39 is 18.1 Å². The molecule has 21 heavy (non-hydrogen) atoms. The highest BCUT2D eigenvalue weighted by molar-refractivity contribution is 5.83. The normalized spacial score (nSPS) is 22.1. The standard InChI is InChI=1S/C14H27N3O4/c1-10(2)8-16(6-5-15(3)4)14(21)17-9-11(18)7-12(17)13(19)20/h10-12,18H,5-9H2,1-4H3,(H,19,20)/t11-,12-/m0/s1. The van der Waals surface area contributed by atoms with E-state index in [0.29, 0.717) is 25.6 Å². The lowest BCUT2D eigenvalue weighted by molar-refractivity contribution is -0.141. The van der Waals surface area contributed by atoms with Crippen LogP contribution in [0.1, 0.15) is 20.3 Å². The van der Waals surface area contributed by atoms with Crippen LogP contribution < -0.4 is 0 Å². The zero-order valence-electron chi connectivity index (χ0n) is 13.3. The number of hydrogen-bond acceptors (Lipinski definition) is 4. The quantitative estimate of drug-likeness (QED) is 0.729. The number of carbonyl (C=O) groups excluding carboxylic acids is 1. The number of nitrogens with zero attached hydrogens (tertiary/aromatic N) is 3. The Morgan fingerprint density at radius 3 is 2.38 bits per heavy atom. The highest BCUT2D eigenvalue weighted by atomic mass is 16.4. The third kappa shape index (κ3) is 5.17. The summed E-state index contributed by atoms with van der Waals surface area (Å²) < 4.78 is 0. The third-order valence-corrected chi connectivity index (χ3v) is 3.48. The number of carboxylic acid groups (broad SMARTS) is 1. The van der Waals surface area contributed by atoms with Crippen LogP contribution in [0.5, 0.6) is 0 Å². The van der Waals surface area contributed by atoms with Gasteiger partial charge in [0.2, 0.25) is 0 Å². The Labute approximate surface area is 126 Å². The van der Waals surface area contributed by atoms with Gasteiger partial charge in [0.25, 0.3) is 0 Å². The maximum atomic E-state index is 12.6. The number of carboxylic acids is 1. The molecule has 1 aliphatic rings. The molecule has 1 fully saturated rings. The van der Waals surface area contributed by atoms with Crippen molar-refractivity contribution in [3.05, 3.63) is 0 Å². The topological polar surface area (TPSA) is 84.3 Å². The lowest BCUT2D eigenvalue weighted by Crippen LogP contribution is -2.50. The van der Waals surface area contributed by atoms with Gasteiger partial charge in [-0.2, -0.15) is 0 Å². The molecule has 0 spiro atoms. The van der Waals surface area contributed by atoms with Gasteiger partial charge in [0.15, 0.2) is 0 Å². The van der Waals surface area contributed by atoms with Crippen LogP contribution in [0.25, 0.3) is 0 Å². The van der Waals surface area contributed by atoms with Crippen LogP contribution in [0.4, 0.5) is 4.79 Å². The number of β-amino-alcohol motifs (C(OH)–C–C–N with tert-alkyl or cyclic N) is 1. The fourth-order valence-electron chi connectivity index (χ4n) is 2.47. The third-order valence-electron chi connectivity index (χ3n) is 3.48. The van der Waals surface area contributed by atoms with Crippen molar-refractivity contribution < 1.29 is 19.8 Å². The van der Waals surface area contributed by atoms with E-state index in [1.807, 2.05) is 32.8 Å². The van der Waals surface area contributed by atoms with E-state index in [4.69, 9.17) is 0 Å². The summed E-state index contributed by atoms with van der Waals surface area (Å²) in [5.74, 6) is -0.760. The molecule has 7 nitrogen and oxygen atoms in total. The maximum Gasteiger partial charge on any atom is 0.326 e. The van der Waals surface area contributed by atoms with Gasteiger partial charge in [-0.25, -0.2) is 9.59 Å². The molecule has 7 heteroatoms. The minimum Gasteiger partial charge on any atom is -0.480 e. The predicted molar refractivity (Wildman–Crippen MR) is 79.1 cm³/mol. The molecular formula is C14H27N3O4. The highest BCUT2D eigenvalue weighted by Crippen LogP contribution is 2.20. The number of urea groups is 1. The maximum absolute atomic E-state index is 12.6. The average molecular weight is 301 g/mol. The second kappa shape index (κ2) is 7.61. The molecule has 0 aliphatic carbocycles. The molecule has 2 amide bonds. The number of rotatable bonds is 6. The molecule has 1 aliphatic heterocycles. The van der Waals surface area contributed by atoms with E-state index in [2.05, 4.69) is 0 Å². The number of carbonyl (C=O) groups is 2. The summed E-state index contributed by atoms with van der Waals surface area (Å²) in [6.07, 6.45) is -0.658. The summed E-state index contributed by atoms with van der Waals surface area (Å²) in [6.45, 7) is 5.96. The Morgan fingerprint density at radius 2 is 1.90 bits per heavy atom. The fourth-order valence-corrected chi connectivity index (χ4v) is 2.47. The molecule has 2 N–H and O–H groups in total. The zero-order valence-corrected chi connectivity index (χ0v) is 13.3. The Bertz CT molecular complexity index is 373. The van der Waals surface area contributed by atoms with Gasteiger partial charge >= 0.3 is 12.0 Å². The molecule has 0 radical (unpaired) electrons. The number of aliphatic carboxylic acids is 1. The Hall–Kier alpha value is -1.34. The number of aliphatic hydroxyl groups excluding tert-OH is 1. The van der Waals surface area contributed by atoms with Gasteiger partial charge in [-0.05, 0) is 20.0 Å². The lowest BCUT2D eigenvalue weighted by Gasteiger charge is -2.32. The van der Waals surface area contributed by atoms with Crippen LogP contribution in [0.15, 0.2) is 0 Å². The Balaban J connectivity index is 2.80. The zero-order chi connectivity index (χ0) is 16.2. The van der Waals surface area contributed by atoms with Crippen molar-refractivity contribution in [2.45, 2.75) is 32.4 Å². The van der Waals surface area contributed by atoms with E-state index in [-0.39, 0.29) is 19.0 Å². The predicted octanol–water partition coefficient (Wildman–Crippen LogP) is 0.146. The second-order valence-corrected chi connectivity index (χ2v) is 6.32. The van der Waals surface area contributed by atoms with E-state index >= 15 is 0 Å². The molecule has 122 valence electrons. The first-order valence-electron chi connectivity index (χ1n) is 7.33. The summed E-state index contributed by atoms with van der Waals surface area (Å²) in [4.78, 5) is 28.8. The molecule has 2 atom stereocenters. The van der Waals surface area contributed by atoms with Gasteiger partial charge in [-0.1, -0.05) is 13.8 Å². The van der Waals surface area contributed by atoms with Crippen molar-refractivity contribution in [2.75, 3.05) is 40.3 Å². The summed E-state index contributed by atoms with van der Waals surface area (Å²) >= 11 is 0. The van der Waals surface area contributed by atoms with Crippen LogP contribution in [0.2, 0.25) is 0 Å². The molecule has 0 saturated carbocycles. The van der Waals surface area contributed by atoms with E-state index in [1.165, 1.54) is 4.90 Å². The first-order chi connectivity index (χ1) is 9.72. The average Bonchev–Trinajstić information content (AvgIpc) is 2.75. The van der Waals surface area contributed by atoms with Crippen molar-refractivity contribution >= 4 is 12.0 Å². The van der Waals surface area contributed by atoms with Crippen LogP contribution >= 0.6 is 0 Å². The van der Waals surface area contributed by atoms with E-state index in [1.54, 1.807) is 4.90 Å². The van der Waals surface area contributed by atoms with Gasteiger partial charge in [0, 0.05) is 32.6 Å². The molecule has 1 saturated heterocycles. The number of aliphatic hydroxyl groups is 1. The fraction of sp³-hybridized carbons (Fsp3) is 0.857. The number of likely N-dealkylation sites (tertiary alicyclic amines) is 1. The SMILES string of the molecule is CC(C)CN(CCN(C)C)C(=O)N1C[C@@H](O)C[C@H]1C(=O)O. The van der Waals surface area contributed by atoms with Gasteiger partial charge in [-0.15, -0.1) is 0 Å². The smallest absolute Gasteiger partial charge is 0.326 e. The van der Waals surface area contributed by atoms with Crippen molar-refractivity contribution in [3.63, 3.8) is 0 Å². The van der Waals surface area contributed by atoms with Crippen LogP contribution in [0, 0.1) is 5.92 Å². The summed E-state index contributed by atoms with van der Waals surface area (Å²) in [5, 5.41) is 18.9. The highest BCUT2D eigenvalue weighted by Gasteiger charge is 2.40. The van der Waals surface area contributed by atoms with Gasteiger partial charge < -0.3 is 24.9 Å². The first-order valence-corrected chi connectivity index (χ1v) is 7.33. The summed E-state index contributed by atoms with van der Waals surface area (Å²) in [6, 6.07) is -1.23. The van der Waals surface area contributed by atoms with Crippen molar-refractivity contribution in [2.24, 2.45) is 5.92 Å². The Morgan fingerprint density at radius 1 is 1.29 bits per heavy atom. The molecular weight excluding hydrogens is 274 g/mol. The Kier molecular flexibility index (Phi) is 6.42. The molecule has 0 aromatic carbocycles. The summed E-state index contributed by atoms with van der Waals surface area (Å²) in [7, 11) is 3.86. The minimum atomic E-state index is -1.06. The van der Waals surface area contributed by atoms with Gasteiger partial charge in [0.05, 0.1) is 6.10 Å². The molecule has 0 aromatic heterocycles. The minimum absolute atomic E-state index is 0.0896. The number of likely N-dealkylation sites (N-methyl/N-ethyl adjacent to an activating group) is 1. The monoisotopic (exact) mass is 301 g/mol. The summed E-state index contributed by atoms with van der Waals surface area (Å²) in [5.41, 5.74) is 0. The largest absolute Gasteiger partial charge is 0.480 e. The van der Waals surface area contributed by atoms with E-state index in [9.17, 15) is 19.8 Å². The molecule has 0 aromatic rings. The lowest BCUT2D eigenvalue weighted by atomic mass is 10.2.